The van der Waals surface area contributed by atoms with Crippen LogP contribution < -0.4 is 0 Å². The molecule has 1 heterocycles. The van der Waals surface area contributed by atoms with Crippen LogP contribution in [0.1, 0.15) is 10.4 Å². The van der Waals surface area contributed by atoms with Gasteiger partial charge in [0.1, 0.15) is 0 Å². The summed E-state index contributed by atoms with van der Waals surface area (Å²) >= 11 is 11.7. The highest BCUT2D eigenvalue weighted by atomic mass is 35.5. The van der Waals surface area contributed by atoms with Gasteiger partial charge < -0.3 is 5.11 Å². The number of carboxylic acid groups (broad SMARTS) is 1. The maximum atomic E-state index is 11.1. The predicted octanol–water partition coefficient (Wildman–Crippen LogP) is 3.75. The molecule has 0 saturated heterocycles. The van der Waals surface area contributed by atoms with Crippen LogP contribution in [0, 0.1) is 0 Å². The van der Waals surface area contributed by atoms with Crippen molar-refractivity contribution in [1.29, 1.82) is 0 Å². The Morgan fingerprint density at radius 3 is 2.41 bits per heavy atom. The molecule has 0 bridgehead atoms. The van der Waals surface area contributed by atoms with Gasteiger partial charge in [-0.2, -0.15) is 0 Å². The molecule has 0 unspecified atom stereocenters. The zero-order chi connectivity index (χ0) is 12.4. The fraction of sp³-hybridized carbons (Fsp3) is 0. The summed E-state index contributed by atoms with van der Waals surface area (Å²) in [6, 6.07) is 7.89. The van der Waals surface area contributed by atoms with Gasteiger partial charge in [-0.15, -0.1) is 0 Å². The summed E-state index contributed by atoms with van der Waals surface area (Å²) in [6.45, 7) is 0. The molecule has 0 aliphatic heterocycles. The van der Waals surface area contributed by atoms with Crippen LogP contribution >= 0.6 is 23.2 Å². The summed E-state index contributed by atoms with van der Waals surface area (Å²) in [5.41, 5.74) is 1.05. The number of hydrogen-bond acceptors (Lipinski definition) is 2. The summed E-state index contributed by atoms with van der Waals surface area (Å²) in [5.74, 6) is -1.04. The average molecular weight is 268 g/mol. The molecule has 1 aromatic heterocycles. The molecule has 86 valence electrons. The Balaban J connectivity index is 2.64. The zero-order valence-electron chi connectivity index (χ0n) is 8.52. The third-order valence-corrected chi connectivity index (χ3v) is 2.61. The van der Waals surface area contributed by atoms with Gasteiger partial charge in [-0.1, -0.05) is 23.2 Å². The minimum Gasteiger partial charge on any atom is -0.478 e. The van der Waals surface area contributed by atoms with E-state index in [1.807, 2.05) is 0 Å². The Kier molecular flexibility index (Phi) is 3.31. The van der Waals surface area contributed by atoms with Crippen molar-refractivity contribution in [2.75, 3.05) is 0 Å². The Hall–Kier alpha value is -1.58. The van der Waals surface area contributed by atoms with Gasteiger partial charge in [0.15, 0.2) is 0 Å². The summed E-state index contributed by atoms with van der Waals surface area (Å²) < 4.78 is 0. The van der Waals surface area contributed by atoms with E-state index < -0.39 is 5.97 Å². The molecule has 5 heteroatoms. The predicted molar refractivity (Wildman–Crippen MR) is 66.7 cm³/mol. The molecule has 0 aliphatic rings. The van der Waals surface area contributed by atoms with Gasteiger partial charge in [-0.25, -0.2) is 4.79 Å². The second-order valence-corrected chi connectivity index (χ2v) is 4.24. The number of hydrogen-bond donors (Lipinski definition) is 1. The monoisotopic (exact) mass is 267 g/mol. The number of carbonyl (C=O) groups is 1. The molecule has 2 aromatic rings. The molecule has 0 aliphatic carbocycles. The number of halogens is 2. The van der Waals surface area contributed by atoms with E-state index in [0.717, 1.165) is 0 Å². The van der Waals surface area contributed by atoms with Crippen molar-refractivity contribution in [3.63, 3.8) is 0 Å². The molecule has 1 aromatic carbocycles. The SMILES string of the molecule is O=C(O)c1cccnc1-c1cc(Cl)cc(Cl)c1. The Morgan fingerprint density at radius 2 is 1.82 bits per heavy atom. The summed E-state index contributed by atoms with van der Waals surface area (Å²) in [4.78, 5) is 15.1. The van der Waals surface area contributed by atoms with E-state index in [2.05, 4.69) is 4.98 Å². The molecule has 17 heavy (non-hydrogen) atoms. The number of aromatic carboxylic acids is 1. The van der Waals surface area contributed by atoms with Gasteiger partial charge in [0.05, 0.1) is 11.3 Å². The van der Waals surface area contributed by atoms with Crippen LogP contribution in [0.5, 0.6) is 0 Å². The van der Waals surface area contributed by atoms with Crippen molar-refractivity contribution >= 4 is 29.2 Å². The van der Waals surface area contributed by atoms with E-state index in [9.17, 15) is 4.79 Å². The van der Waals surface area contributed by atoms with E-state index in [1.54, 1.807) is 24.3 Å². The Labute approximate surface area is 108 Å². The highest BCUT2D eigenvalue weighted by molar-refractivity contribution is 6.35. The summed E-state index contributed by atoms with van der Waals surface area (Å²) in [5, 5.41) is 9.94. The van der Waals surface area contributed by atoms with Crippen LogP contribution in [0.15, 0.2) is 36.5 Å². The van der Waals surface area contributed by atoms with Gasteiger partial charge in [0.25, 0.3) is 0 Å². The van der Waals surface area contributed by atoms with E-state index in [1.165, 1.54) is 12.3 Å². The van der Waals surface area contributed by atoms with E-state index in [4.69, 9.17) is 28.3 Å². The molecular weight excluding hydrogens is 261 g/mol. The number of carboxylic acids is 1. The highest BCUT2D eigenvalue weighted by Gasteiger charge is 2.13. The maximum Gasteiger partial charge on any atom is 0.337 e. The van der Waals surface area contributed by atoms with E-state index in [0.29, 0.717) is 21.3 Å². The second-order valence-electron chi connectivity index (χ2n) is 3.36. The fourth-order valence-corrected chi connectivity index (χ4v) is 2.02. The van der Waals surface area contributed by atoms with Gasteiger partial charge in [0, 0.05) is 21.8 Å². The molecule has 0 saturated carbocycles. The molecule has 2 rings (SSSR count). The third-order valence-electron chi connectivity index (χ3n) is 2.17. The average Bonchev–Trinajstić information content (AvgIpc) is 2.27. The van der Waals surface area contributed by atoms with Gasteiger partial charge in [-0.05, 0) is 30.3 Å². The number of pyridine rings is 1. The number of rotatable bonds is 2. The summed E-state index contributed by atoms with van der Waals surface area (Å²) in [6.07, 6.45) is 1.52. The Morgan fingerprint density at radius 1 is 1.18 bits per heavy atom. The first-order valence-corrected chi connectivity index (χ1v) is 5.48. The van der Waals surface area contributed by atoms with Crippen molar-refractivity contribution in [2.45, 2.75) is 0 Å². The molecule has 0 amide bonds. The number of aromatic nitrogens is 1. The van der Waals surface area contributed by atoms with Crippen LogP contribution in [0.4, 0.5) is 0 Å². The third kappa shape index (κ3) is 2.57. The van der Waals surface area contributed by atoms with Gasteiger partial charge in [0.2, 0.25) is 0 Å². The van der Waals surface area contributed by atoms with Crippen LogP contribution in [-0.4, -0.2) is 16.1 Å². The minimum atomic E-state index is -1.04. The minimum absolute atomic E-state index is 0.117. The molecule has 3 nitrogen and oxygen atoms in total. The van der Waals surface area contributed by atoms with Gasteiger partial charge >= 0.3 is 5.97 Å². The number of benzene rings is 1. The van der Waals surface area contributed by atoms with Gasteiger partial charge in [-0.3, -0.25) is 4.98 Å². The zero-order valence-corrected chi connectivity index (χ0v) is 10.0. The van der Waals surface area contributed by atoms with Crippen molar-refractivity contribution in [2.24, 2.45) is 0 Å². The van der Waals surface area contributed by atoms with Crippen molar-refractivity contribution in [3.8, 4) is 11.3 Å². The van der Waals surface area contributed by atoms with E-state index >= 15 is 0 Å². The highest BCUT2D eigenvalue weighted by Crippen LogP contribution is 2.27. The first-order valence-electron chi connectivity index (χ1n) is 4.72. The molecule has 0 atom stereocenters. The maximum absolute atomic E-state index is 11.1. The lowest BCUT2D eigenvalue weighted by Crippen LogP contribution is -2.01. The summed E-state index contributed by atoms with van der Waals surface area (Å²) in [7, 11) is 0. The van der Waals surface area contributed by atoms with Crippen molar-refractivity contribution < 1.29 is 9.90 Å². The molecule has 1 N–H and O–H groups in total. The second kappa shape index (κ2) is 4.73. The molecule has 0 spiro atoms. The van der Waals surface area contributed by atoms with Crippen LogP contribution in [0.25, 0.3) is 11.3 Å². The molecule has 0 fully saturated rings. The van der Waals surface area contributed by atoms with E-state index in [-0.39, 0.29) is 5.56 Å². The van der Waals surface area contributed by atoms with Crippen molar-refractivity contribution in [3.05, 3.63) is 52.1 Å². The lowest BCUT2D eigenvalue weighted by Gasteiger charge is -2.05. The first-order chi connectivity index (χ1) is 8.08. The standard InChI is InChI=1S/C12H7Cl2NO2/c13-8-4-7(5-9(14)6-8)11-10(12(16)17)2-1-3-15-11/h1-6H,(H,16,17). The van der Waals surface area contributed by atoms with Crippen LogP contribution in [0.2, 0.25) is 10.0 Å². The van der Waals surface area contributed by atoms with Crippen LogP contribution in [-0.2, 0) is 0 Å². The smallest absolute Gasteiger partial charge is 0.337 e. The molecular formula is C12H7Cl2NO2. The van der Waals surface area contributed by atoms with Crippen molar-refractivity contribution in [1.82, 2.24) is 4.98 Å². The largest absolute Gasteiger partial charge is 0.478 e. The fourth-order valence-electron chi connectivity index (χ4n) is 1.50. The number of nitrogens with zero attached hydrogens (tertiary/aromatic N) is 1. The first kappa shape index (κ1) is 11.9. The normalized spacial score (nSPS) is 10.2. The topological polar surface area (TPSA) is 50.2 Å². The Bertz CT molecular complexity index is 564. The quantitative estimate of drug-likeness (QED) is 0.902. The van der Waals surface area contributed by atoms with Crippen LogP contribution in [0.3, 0.4) is 0 Å². The lowest BCUT2D eigenvalue weighted by atomic mass is 10.1. The lowest BCUT2D eigenvalue weighted by molar-refractivity contribution is 0.0697. The molecule has 0 radical (unpaired) electrons.